The number of nitrogens with zero attached hydrogens (tertiary/aromatic N) is 3. The molecule has 0 amide bonds. The third-order valence-electron chi connectivity index (χ3n) is 2.79. The van der Waals surface area contributed by atoms with E-state index in [0.717, 1.165) is 22.4 Å². The summed E-state index contributed by atoms with van der Waals surface area (Å²) >= 11 is 1.30. The number of rotatable bonds is 3. The van der Waals surface area contributed by atoms with Crippen LogP contribution in [0.2, 0.25) is 0 Å². The highest BCUT2D eigenvalue weighted by Gasteiger charge is 2.16. The summed E-state index contributed by atoms with van der Waals surface area (Å²) in [7, 11) is 1.80. The molecule has 3 aromatic rings. The molecule has 0 aliphatic carbocycles. The van der Waals surface area contributed by atoms with Crippen molar-refractivity contribution < 1.29 is 9.21 Å². The lowest BCUT2D eigenvalue weighted by molar-refractivity contribution is 0.112. The van der Waals surface area contributed by atoms with Crippen LogP contribution in [0.5, 0.6) is 0 Å². The van der Waals surface area contributed by atoms with Gasteiger partial charge in [-0.2, -0.15) is 5.10 Å². The molecule has 2 aromatic heterocycles. The fourth-order valence-electron chi connectivity index (χ4n) is 1.89. The first-order chi connectivity index (χ1) is 9.19. The van der Waals surface area contributed by atoms with Gasteiger partial charge >= 0.3 is 0 Å². The van der Waals surface area contributed by atoms with Crippen LogP contribution in [0.15, 0.2) is 38.9 Å². The van der Waals surface area contributed by atoms with Crippen LogP contribution in [0.25, 0.3) is 11.1 Å². The zero-order valence-electron chi connectivity index (χ0n) is 10.5. The molecule has 0 bridgehead atoms. The van der Waals surface area contributed by atoms with E-state index in [-0.39, 0.29) is 0 Å². The second-order valence-corrected chi connectivity index (χ2v) is 5.04. The molecule has 6 heteroatoms. The van der Waals surface area contributed by atoms with Crippen LogP contribution >= 0.6 is 11.8 Å². The number of carbonyl (C=O) groups excluding carboxylic acids is 1. The Kier molecular flexibility index (Phi) is 2.87. The first kappa shape index (κ1) is 12.0. The maximum Gasteiger partial charge on any atom is 0.263 e. The number of para-hydroxylation sites is 2. The molecule has 0 saturated heterocycles. The summed E-state index contributed by atoms with van der Waals surface area (Å²) in [5.74, 6) is 0. The quantitative estimate of drug-likeness (QED) is 0.687. The van der Waals surface area contributed by atoms with Crippen molar-refractivity contribution in [2.75, 3.05) is 0 Å². The number of benzene rings is 1. The summed E-state index contributed by atoms with van der Waals surface area (Å²) in [6.07, 6.45) is 0.813. The highest BCUT2D eigenvalue weighted by molar-refractivity contribution is 7.99. The number of fused-ring (bicyclic) bond motifs is 1. The molecule has 0 fully saturated rings. The van der Waals surface area contributed by atoms with Gasteiger partial charge in [0.15, 0.2) is 11.9 Å². The minimum absolute atomic E-state index is 0.507. The van der Waals surface area contributed by atoms with Crippen molar-refractivity contribution in [3.63, 3.8) is 0 Å². The second kappa shape index (κ2) is 4.55. The van der Waals surface area contributed by atoms with Crippen molar-refractivity contribution in [3.8, 4) is 0 Å². The van der Waals surface area contributed by atoms with Gasteiger partial charge in [-0.05, 0) is 30.8 Å². The Morgan fingerprint density at radius 1 is 1.37 bits per heavy atom. The van der Waals surface area contributed by atoms with Gasteiger partial charge in [0.25, 0.3) is 5.22 Å². The van der Waals surface area contributed by atoms with E-state index in [4.69, 9.17) is 4.42 Å². The molecule has 0 saturated carbocycles. The molecule has 0 aliphatic heterocycles. The van der Waals surface area contributed by atoms with Crippen LogP contribution in [0, 0.1) is 6.92 Å². The number of hydrogen-bond acceptors (Lipinski definition) is 5. The summed E-state index contributed by atoms with van der Waals surface area (Å²) in [6, 6.07) is 7.55. The predicted molar refractivity (Wildman–Crippen MR) is 71.5 cm³/mol. The molecule has 1 aromatic carbocycles. The lowest BCUT2D eigenvalue weighted by Crippen LogP contribution is -1.93. The van der Waals surface area contributed by atoms with Gasteiger partial charge in [-0.3, -0.25) is 9.48 Å². The van der Waals surface area contributed by atoms with Gasteiger partial charge in [-0.15, -0.1) is 0 Å². The van der Waals surface area contributed by atoms with E-state index in [2.05, 4.69) is 10.1 Å². The van der Waals surface area contributed by atoms with Gasteiger partial charge in [0.05, 0.1) is 11.3 Å². The monoisotopic (exact) mass is 273 g/mol. The molecule has 0 aliphatic rings. The number of carbonyl (C=O) groups is 1. The maximum absolute atomic E-state index is 11.1. The van der Waals surface area contributed by atoms with E-state index < -0.39 is 0 Å². The van der Waals surface area contributed by atoms with Crippen molar-refractivity contribution in [1.82, 2.24) is 14.8 Å². The van der Waals surface area contributed by atoms with Crippen molar-refractivity contribution in [1.29, 1.82) is 0 Å². The smallest absolute Gasteiger partial charge is 0.263 e. The number of aromatic nitrogens is 3. The van der Waals surface area contributed by atoms with E-state index in [1.807, 2.05) is 24.3 Å². The Bertz CT molecular complexity index is 727. The normalized spacial score (nSPS) is 11.1. The van der Waals surface area contributed by atoms with Gasteiger partial charge in [0.1, 0.15) is 10.5 Å². The van der Waals surface area contributed by atoms with E-state index in [9.17, 15) is 4.79 Å². The largest absolute Gasteiger partial charge is 0.431 e. The van der Waals surface area contributed by atoms with Gasteiger partial charge in [-0.25, -0.2) is 4.98 Å². The summed E-state index contributed by atoms with van der Waals surface area (Å²) in [5, 5.41) is 5.47. The van der Waals surface area contributed by atoms with Crippen LogP contribution in [-0.4, -0.2) is 21.1 Å². The van der Waals surface area contributed by atoms with Crippen molar-refractivity contribution in [2.45, 2.75) is 17.2 Å². The van der Waals surface area contributed by atoms with Crippen LogP contribution in [-0.2, 0) is 7.05 Å². The highest BCUT2D eigenvalue weighted by atomic mass is 32.2. The minimum atomic E-state index is 0.507. The molecule has 96 valence electrons. The van der Waals surface area contributed by atoms with E-state index >= 15 is 0 Å². The fraction of sp³-hybridized carbons (Fsp3) is 0.154. The SMILES string of the molecule is Cc1nn(C)c(Sc2nc3ccccc3o2)c1C=O. The van der Waals surface area contributed by atoms with Gasteiger partial charge in [-0.1, -0.05) is 12.1 Å². The maximum atomic E-state index is 11.1. The highest BCUT2D eigenvalue weighted by Crippen LogP contribution is 2.32. The fourth-order valence-corrected chi connectivity index (χ4v) is 2.81. The zero-order valence-corrected chi connectivity index (χ0v) is 11.3. The standard InChI is InChI=1S/C13H11N3O2S/c1-8-9(7-17)12(16(2)15-8)19-13-14-10-5-3-4-6-11(10)18-13/h3-7H,1-2H3. The molecule has 0 unspecified atom stereocenters. The van der Waals surface area contributed by atoms with Gasteiger partial charge in [0.2, 0.25) is 0 Å². The van der Waals surface area contributed by atoms with Crippen LogP contribution in [0.4, 0.5) is 0 Å². The van der Waals surface area contributed by atoms with Crippen molar-refractivity contribution in [3.05, 3.63) is 35.5 Å². The molecule has 5 nitrogen and oxygen atoms in total. The number of aryl methyl sites for hydroxylation is 2. The van der Waals surface area contributed by atoms with Crippen LogP contribution in [0.1, 0.15) is 16.1 Å². The Hall–Kier alpha value is -2.08. The van der Waals surface area contributed by atoms with E-state index in [1.165, 1.54) is 11.8 Å². The average molecular weight is 273 g/mol. The van der Waals surface area contributed by atoms with Crippen molar-refractivity contribution >= 4 is 29.1 Å². The van der Waals surface area contributed by atoms with E-state index in [1.54, 1.807) is 18.7 Å². The van der Waals surface area contributed by atoms with E-state index in [0.29, 0.717) is 16.5 Å². The Morgan fingerprint density at radius 3 is 2.89 bits per heavy atom. The summed E-state index contributed by atoms with van der Waals surface area (Å²) in [5.41, 5.74) is 2.82. The van der Waals surface area contributed by atoms with Gasteiger partial charge < -0.3 is 4.42 Å². The molecule has 3 rings (SSSR count). The summed E-state index contributed by atoms with van der Waals surface area (Å²) in [6.45, 7) is 1.81. The van der Waals surface area contributed by atoms with Gasteiger partial charge in [0, 0.05) is 7.05 Å². The molecule has 2 heterocycles. The third kappa shape index (κ3) is 2.04. The predicted octanol–water partition coefficient (Wildman–Crippen LogP) is 2.83. The lowest BCUT2D eigenvalue weighted by Gasteiger charge is -1.98. The second-order valence-electron chi connectivity index (χ2n) is 4.10. The lowest BCUT2D eigenvalue weighted by atomic mass is 10.3. The Labute approximate surface area is 113 Å². The number of aldehydes is 1. The summed E-state index contributed by atoms with van der Waals surface area (Å²) in [4.78, 5) is 15.5. The zero-order chi connectivity index (χ0) is 13.4. The molecular weight excluding hydrogens is 262 g/mol. The molecule has 0 N–H and O–H groups in total. The topological polar surface area (TPSA) is 60.9 Å². The Balaban J connectivity index is 2.03. The molecular formula is C13H11N3O2S. The molecule has 0 radical (unpaired) electrons. The first-order valence-electron chi connectivity index (χ1n) is 5.71. The first-order valence-corrected chi connectivity index (χ1v) is 6.53. The summed E-state index contributed by atoms with van der Waals surface area (Å²) < 4.78 is 7.30. The number of oxazole rings is 1. The van der Waals surface area contributed by atoms with Crippen LogP contribution < -0.4 is 0 Å². The number of hydrogen-bond donors (Lipinski definition) is 0. The third-order valence-corrected chi connectivity index (χ3v) is 3.82. The van der Waals surface area contributed by atoms with Crippen LogP contribution in [0.3, 0.4) is 0 Å². The van der Waals surface area contributed by atoms with Crippen molar-refractivity contribution in [2.24, 2.45) is 7.05 Å². The molecule has 0 atom stereocenters. The molecule has 0 spiro atoms. The minimum Gasteiger partial charge on any atom is -0.431 e. The Morgan fingerprint density at radius 2 is 2.16 bits per heavy atom. The molecule has 19 heavy (non-hydrogen) atoms. The average Bonchev–Trinajstić information content (AvgIpc) is 2.91.